The number of carbonyl (C=O) groups is 3. The van der Waals surface area contributed by atoms with E-state index >= 15 is 0 Å². The Balaban J connectivity index is 1.31. The summed E-state index contributed by atoms with van der Waals surface area (Å²) in [5.74, 6) is -1.54. The zero-order valence-electron chi connectivity index (χ0n) is 20.7. The third-order valence-corrected chi connectivity index (χ3v) is 6.17. The molecule has 0 saturated carbocycles. The highest BCUT2D eigenvalue weighted by Crippen LogP contribution is 2.34. The van der Waals surface area contributed by atoms with Crippen molar-refractivity contribution >= 4 is 29.2 Å². The van der Waals surface area contributed by atoms with E-state index in [0.717, 1.165) is 23.3 Å². The number of benzene rings is 3. The van der Waals surface area contributed by atoms with Gasteiger partial charge in [-0.3, -0.25) is 14.4 Å². The van der Waals surface area contributed by atoms with Crippen molar-refractivity contribution in [3.8, 4) is 11.5 Å². The maximum Gasteiger partial charge on any atom is 0.418 e. The normalized spacial score (nSPS) is 15.3. The van der Waals surface area contributed by atoms with Crippen LogP contribution in [0.2, 0.25) is 0 Å². The summed E-state index contributed by atoms with van der Waals surface area (Å²) in [6.07, 6.45) is -4.77. The molecule has 0 bridgehead atoms. The van der Waals surface area contributed by atoms with Gasteiger partial charge in [0.05, 0.1) is 17.2 Å². The highest BCUT2D eigenvalue weighted by molar-refractivity contribution is 6.00. The summed E-state index contributed by atoms with van der Waals surface area (Å²) in [7, 11) is 0. The van der Waals surface area contributed by atoms with Crippen LogP contribution in [0.15, 0.2) is 66.7 Å². The third-order valence-electron chi connectivity index (χ3n) is 6.17. The fourth-order valence-corrected chi connectivity index (χ4v) is 4.00. The van der Waals surface area contributed by atoms with Crippen molar-refractivity contribution in [2.24, 2.45) is 5.92 Å². The second kappa shape index (κ2) is 11.0. The van der Waals surface area contributed by atoms with E-state index in [1.165, 1.54) is 17.0 Å². The summed E-state index contributed by atoms with van der Waals surface area (Å²) < 4.78 is 50.1. The number of anilines is 2. The van der Waals surface area contributed by atoms with Gasteiger partial charge < -0.3 is 19.7 Å². The number of nitrogens with one attached hydrogen (secondary N) is 1. The molecule has 1 N–H and O–H groups in total. The van der Waals surface area contributed by atoms with Crippen molar-refractivity contribution in [1.82, 2.24) is 0 Å². The maximum absolute atomic E-state index is 13.1. The first-order valence-corrected chi connectivity index (χ1v) is 11.8. The van der Waals surface area contributed by atoms with Gasteiger partial charge in [0, 0.05) is 18.7 Å². The van der Waals surface area contributed by atoms with Crippen LogP contribution >= 0.6 is 0 Å². The van der Waals surface area contributed by atoms with Crippen molar-refractivity contribution in [2.45, 2.75) is 26.4 Å². The number of halogens is 3. The van der Waals surface area contributed by atoms with Gasteiger partial charge >= 0.3 is 12.1 Å². The lowest BCUT2D eigenvalue weighted by Gasteiger charge is -2.17. The molecular weight excluding hydrogens is 501 g/mol. The molecule has 0 spiro atoms. The minimum Gasteiger partial charge on any atom is -0.457 e. The van der Waals surface area contributed by atoms with E-state index in [0.29, 0.717) is 17.2 Å². The zero-order chi connectivity index (χ0) is 27.4. The molecule has 7 nitrogen and oxygen atoms in total. The van der Waals surface area contributed by atoms with E-state index in [9.17, 15) is 27.6 Å². The van der Waals surface area contributed by atoms with Crippen LogP contribution in [0.3, 0.4) is 0 Å². The van der Waals surface area contributed by atoms with E-state index in [-0.39, 0.29) is 18.9 Å². The van der Waals surface area contributed by atoms with Crippen LogP contribution in [0, 0.1) is 19.8 Å². The lowest BCUT2D eigenvalue weighted by molar-refractivity contribution is -0.151. The number of para-hydroxylation sites is 1. The van der Waals surface area contributed by atoms with Gasteiger partial charge in [-0.2, -0.15) is 13.2 Å². The molecule has 1 atom stereocenters. The molecule has 3 aromatic carbocycles. The Morgan fingerprint density at radius 2 is 1.66 bits per heavy atom. The van der Waals surface area contributed by atoms with Gasteiger partial charge in [-0.25, -0.2) is 0 Å². The van der Waals surface area contributed by atoms with Crippen LogP contribution in [0.5, 0.6) is 11.5 Å². The molecule has 2 amide bonds. The van der Waals surface area contributed by atoms with Crippen molar-refractivity contribution in [3.05, 3.63) is 83.4 Å². The number of hydrogen-bond donors (Lipinski definition) is 1. The van der Waals surface area contributed by atoms with Crippen LogP contribution in [0.1, 0.15) is 23.1 Å². The molecule has 1 heterocycles. The predicted octanol–water partition coefficient (Wildman–Crippen LogP) is 5.65. The Morgan fingerprint density at radius 1 is 0.974 bits per heavy atom. The molecule has 0 radical (unpaired) electrons. The summed E-state index contributed by atoms with van der Waals surface area (Å²) in [5.41, 5.74) is 1.37. The van der Waals surface area contributed by atoms with Crippen molar-refractivity contribution in [3.63, 3.8) is 0 Å². The molecule has 1 aliphatic heterocycles. The van der Waals surface area contributed by atoms with Crippen LogP contribution in [0.4, 0.5) is 24.5 Å². The average molecular weight is 527 g/mol. The topological polar surface area (TPSA) is 84.9 Å². The summed E-state index contributed by atoms with van der Waals surface area (Å²) in [6, 6.07) is 17.1. The summed E-state index contributed by atoms with van der Waals surface area (Å²) >= 11 is 0. The standard InChI is InChI=1S/C28H25F3N2O5/c1-17-7-10-22(13-18(17)2)38-21-11-8-20(9-12-21)33-15-19(14-26(33)35)27(36)37-16-25(34)32-24-6-4-3-5-23(24)28(29,30)31/h3-13,19H,14-16H2,1-2H3,(H,32,34)/t19-/m0/s1. The molecule has 10 heteroatoms. The number of aryl methyl sites for hydroxylation is 2. The first kappa shape index (κ1) is 26.7. The lowest BCUT2D eigenvalue weighted by atomic mass is 10.1. The van der Waals surface area contributed by atoms with Gasteiger partial charge in [0.25, 0.3) is 5.91 Å². The number of esters is 1. The molecule has 1 aliphatic rings. The number of ether oxygens (including phenoxy) is 2. The highest BCUT2D eigenvalue weighted by atomic mass is 19.4. The van der Waals surface area contributed by atoms with Crippen molar-refractivity contribution in [2.75, 3.05) is 23.4 Å². The SMILES string of the molecule is Cc1ccc(Oc2ccc(N3C[C@@H](C(=O)OCC(=O)Nc4ccccc4C(F)(F)F)CC3=O)cc2)cc1C. The van der Waals surface area contributed by atoms with E-state index in [1.54, 1.807) is 24.3 Å². The Hall–Kier alpha value is -4.34. The number of nitrogens with zero attached hydrogens (tertiary/aromatic N) is 1. The lowest BCUT2D eigenvalue weighted by Crippen LogP contribution is -2.28. The highest BCUT2D eigenvalue weighted by Gasteiger charge is 2.37. The Labute approximate surface area is 217 Å². The number of rotatable bonds is 7. The van der Waals surface area contributed by atoms with Gasteiger partial charge in [0.1, 0.15) is 11.5 Å². The first-order valence-electron chi connectivity index (χ1n) is 11.8. The molecule has 0 aliphatic carbocycles. The Morgan fingerprint density at radius 3 is 2.34 bits per heavy atom. The van der Waals surface area contributed by atoms with Crippen LogP contribution in [-0.4, -0.2) is 30.9 Å². The van der Waals surface area contributed by atoms with E-state index in [2.05, 4.69) is 5.32 Å². The van der Waals surface area contributed by atoms with Crippen LogP contribution in [-0.2, 0) is 25.3 Å². The Kier molecular flexibility index (Phi) is 7.70. The second-order valence-corrected chi connectivity index (χ2v) is 8.95. The van der Waals surface area contributed by atoms with E-state index < -0.39 is 41.8 Å². The first-order chi connectivity index (χ1) is 18.0. The molecule has 0 aromatic heterocycles. The molecule has 38 heavy (non-hydrogen) atoms. The largest absolute Gasteiger partial charge is 0.457 e. The van der Waals surface area contributed by atoms with Gasteiger partial charge in [0.15, 0.2) is 6.61 Å². The summed E-state index contributed by atoms with van der Waals surface area (Å²) in [4.78, 5) is 38.6. The quantitative estimate of drug-likeness (QED) is 0.402. The molecule has 1 saturated heterocycles. The molecule has 198 valence electrons. The van der Waals surface area contributed by atoms with Crippen molar-refractivity contribution in [1.29, 1.82) is 0 Å². The molecule has 1 fully saturated rings. The fourth-order valence-electron chi connectivity index (χ4n) is 4.00. The van der Waals surface area contributed by atoms with Gasteiger partial charge in [-0.05, 0) is 73.5 Å². The van der Waals surface area contributed by atoms with Gasteiger partial charge in [0.2, 0.25) is 5.91 Å². The number of hydrogen-bond acceptors (Lipinski definition) is 5. The fraction of sp³-hybridized carbons (Fsp3) is 0.250. The molecular formula is C28H25F3N2O5. The van der Waals surface area contributed by atoms with Crippen LogP contribution in [0.25, 0.3) is 0 Å². The zero-order valence-corrected chi connectivity index (χ0v) is 20.7. The Bertz CT molecular complexity index is 1360. The number of alkyl halides is 3. The minimum atomic E-state index is -4.65. The maximum atomic E-state index is 13.1. The molecule has 4 rings (SSSR count). The van der Waals surface area contributed by atoms with Crippen LogP contribution < -0.4 is 15.0 Å². The molecule has 0 unspecified atom stereocenters. The minimum absolute atomic E-state index is 0.0492. The van der Waals surface area contributed by atoms with E-state index in [1.807, 2.05) is 32.0 Å². The van der Waals surface area contributed by atoms with Gasteiger partial charge in [-0.15, -0.1) is 0 Å². The van der Waals surface area contributed by atoms with Gasteiger partial charge in [-0.1, -0.05) is 18.2 Å². The monoisotopic (exact) mass is 526 g/mol. The summed E-state index contributed by atoms with van der Waals surface area (Å²) in [5, 5.41) is 2.11. The predicted molar refractivity (Wildman–Crippen MR) is 134 cm³/mol. The van der Waals surface area contributed by atoms with E-state index in [4.69, 9.17) is 9.47 Å². The second-order valence-electron chi connectivity index (χ2n) is 8.95. The third kappa shape index (κ3) is 6.31. The number of carbonyl (C=O) groups excluding carboxylic acids is 3. The molecule has 3 aromatic rings. The average Bonchev–Trinajstić information content (AvgIpc) is 3.26. The summed E-state index contributed by atoms with van der Waals surface area (Å²) in [6.45, 7) is 3.27. The number of amides is 2. The smallest absolute Gasteiger partial charge is 0.418 e. The van der Waals surface area contributed by atoms with Crippen molar-refractivity contribution < 1.29 is 37.0 Å².